The van der Waals surface area contributed by atoms with Crippen LogP contribution in [0.4, 0.5) is 0 Å². The molecule has 132 valence electrons. The number of fused-ring (bicyclic) bond motifs is 1. The van der Waals surface area contributed by atoms with Crippen molar-refractivity contribution in [2.75, 3.05) is 39.3 Å². The Bertz CT molecular complexity index is 727. The van der Waals surface area contributed by atoms with E-state index >= 15 is 0 Å². The van der Waals surface area contributed by atoms with Crippen molar-refractivity contribution in [2.45, 2.75) is 19.3 Å². The molecule has 0 atom stereocenters. The number of amides is 1. The van der Waals surface area contributed by atoms with Crippen LogP contribution in [0.1, 0.15) is 28.1 Å². The second kappa shape index (κ2) is 7.31. The Morgan fingerprint density at radius 3 is 2.96 bits per heavy atom. The second-order valence-electron chi connectivity index (χ2n) is 6.76. The Morgan fingerprint density at radius 1 is 1.12 bits per heavy atom. The summed E-state index contributed by atoms with van der Waals surface area (Å²) in [5.74, 6) is 1.49. The summed E-state index contributed by atoms with van der Waals surface area (Å²) in [6.45, 7) is 5.35. The summed E-state index contributed by atoms with van der Waals surface area (Å²) >= 11 is 0. The normalized spacial score (nSPS) is 17.8. The molecule has 1 fully saturated rings. The topological polar surface area (TPSA) is 45.9 Å². The van der Waals surface area contributed by atoms with E-state index in [-0.39, 0.29) is 5.91 Å². The third-order valence-corrected chi connectivity index (χ3v) is 5.08. The van der Waals surface area contributed by atoms with Crippen LogP contribution in [-0.2, 0) is 12.8 Å². The van der Waals surface area contributed by atoms with Gasteiger partial charge in [0.05, 0.1) is 12.9 Å². The summed E-state index contributed by atoms with van der Waals surface area (Å²) in [5.41, 5.74) is 2.71. The number of furan rings is 1. The van der Waals surface area contributed by atoms with Gasteiger partial charge in [-0.3, -0.25) is 4.79 Å². The van der Waals surface area contributed by atoms with Crippen LogP contribution in [-0.4, -0.2) is 55.0 Å². The summed E-state index contributed by atoms with van der Waals surface area (Å²) < 4.78 is 10.8. The minimum atomic E-state index is 0.00507. The molecule has 2 aliphatic rings. The predicted molar refractivity (Wildman–Crippen MR) is 95.0 cm³/mol. The van der Waals surface area contributed by atoms with Gasteiger partial charge in [0, 0.05) is 32.6 Å². The first-order valence-electron chi connectivity index (χ1n) is 9.09. The van der Waals surface area contributed by atoms with Gasteiger partial charge in [-0.25, -0.2) is 0 Å². The lowest BCUT2D eigenvalue weighted by atomic mass is 10.1. The Kier molecular flexibility index (Phi) is 4.74. The highest BCUT2D eigenvalue weighted by atomic mass is 16.5. The van der Waals surface area contributed by atoms with Gasteiger partial charge in [-0.15, -0.1) is 0 Å². The minimum absolute atomic E-state index is 0.00507. The number of rotatable bonds is 4. The van der Waals surface area contributed by atoms with Gasteiger partial charge in [-0.2, -0.15) is 0 Å². The number of ether oxygens (including phenoxy) is 1. The van der Waals surface area contributed by atoms with Crippen molar-refractivity contribution in [3.8, 4) is 5.75 Å². The first-order chi connectivity index (χ1) is 12.3. The van der Waals surface area contributed by atoms with E-state index in [1.807, 2.05) is 4.90 Å². The van der Waals surface area contributed by atoms with Crippen LogP contribution in [0.25, 0.3) is 0 Å². The fraction of sp³-hybridized carbons (Fsp3) is 0.450. The van der Waals surface area contributed by atoms with Gasteiger partial charge < -0.3 is 19.0 Å². The van der Waals surface area contributed by atoms with Crippen LogP contribution >= 0.6 is 0 Å². The smallest absolute Gasteiger partial charge is 0.289 e. The van der Waals surface area contributed by atoms with Crippen LogP contribution < -0.4 is 4.74 Å². The molecule has 0 aliphatic carbocycles. The van der Waals surface area contributed by atoms with E-state index in [9.17, 15) is 4.79 Å². The van der Waals surface area contributed by atoms with Gasteiger partial charge >= 0.3 is 0 Å². The summed E-state index contributed by atoms with van der Waals surface area (Å²) in [4.78, 5) is 16.8. The highest BCUT2D eigenvalue weighted by Gasteiger charge is 2.22. The molecule has 5 nitrogen and oxygen atoms in total. The number of hydrogen-bond donors (Lipinski definition) is 0. The highest BCUT2D eigenvalue weighted by Crippen LogP contribution is 2.26. The molecule has 0 saturated carbocycles. The number of nitrogens with zero attached hydrogens (tertiary/aromatic N) is 2. The van der Waals surface area contributed by atoms with Gasteiger partial charge in [0.15, 0.2) is 5.76 Å². The summed E-state index contributed by atoms with van der Waals surface area (Å²) in [6.07, 6.45) is 4.62. The van der Waals surface area contributed by atoms with Crippen molar-refractivity contribution in [1.82, 2.24) is 9.80 Å². The molecule has 2 aliphatic heterocycles. The SMILES string of the molecule is O=C(c1ccco1)N1CCCN(CCc2ccc3c(c2)CCO3)CC1. The monoisotopic (exact) mass is 340 g/mol. The molecule has 0 spiro atoms. The maximum atomic E-state index is 12.4. The molecule has 2 aromatic rings. The van der Waals surface area contributed by atoms with Gasteiger partial charge in [-0.05, 0) is 48.7 Å². The summed E-state index contributed by atoms with van der Waals surface area (Å²) in [5, 5.41) is 0. The van der Waals surface area contributed by atoms with Crippen LogP contribution in [0.3, 0.4) is 0 Å². The number of carbonyl (C=O) groups is 1. The van der Waals surface area contributed by atoms with Crippen LogP contribution in [0, 0.1) is 0 Å². The molecule has 25 heavy (non-hydrogen) atoms. The first-order valence-corrected chi connectivity index (χ1v) is 9.09. The Labute approximate surface area is 148 Å². The number of benzene rings is 1. The third kappa shape index (κ3) is 3.71. The van der Waals surface area contributed by atoms with Crippen molar-refractivity contribution in [3.63, 3.8) is 0 Å². The maximum absolute atomic E-state index is 12.4. The largest absolute Gasteiger partial charge is 0.493 e. The lowest BCUT2D eigenvalue weighted by molar-refractivity contribution is 0.0729. The minimum Gasteiger partial charge on any atom is -0.493 e. The standard InChI is InChI=1S/C20H24N2O3/c23-20(19-3-1-13-24-19)22-9-2-8-21(11-12-22)10-6-16-4-5-18-17(15-16)7-14-25-18/h1,3-5,13,15H,2,6-12,14H2. The molecule has 4 rings (SSSR count). The molecule has 5 heteroatoms. The average molecular weight is 340 g/mol. The molecule has 0 radical (unpaired) electrons. The van der Waals surface area contributed by atoms with Gasteiger partial charge in [-0.1, -0.05) is 12.1 Å². The molecular formula is C20H24N2O3. The number of hydrogen-bond acceptors (Lipinski definition) is 4. The van der Waals surface area contributed by atoms with Crippen LogP contribution in [0.5, 0.6) is 5.75 Å². The van der Waals surface area contributed by atoms with E-state index in [1.54, 1.807) is 18.4 Å². The molecule has 1 aromatic carbocycles. The maximum Gasteiger partial charge on any atom is 0.289 e. The van der Waals surface area contributed by atoms with Crippen LogP contribution in [0.2, 0.25) is 0 Å². The lowest BCUT2D eigenvalue weighted by Gasteiger charge is -2.21. The Hall–Kier alpha value is -2.27. The quantitative estimate of drug-likeness (QED) is 0.858. The molecule has 0 unspecified atom stereocenters. The van der Waals surface area contributed by atoms with E-state index in [0.29, 0.717) is 5.76 Å². The van der Waals surface area contributed by atoms with Gasteiger partial charge in [0.1, 0.15) is 5.75 Å². The lowest BCUT2D eigenvalue weighted by Crippen LogP contribution is -2.35. The first kappa shape index (κ1) is 16.2. The molecule has 0 N–H and O–H groups in total. The van der Waals surface area contributed by atoms with E-state index in [0.717, 1.165) is 64.3 Å². The summed E-state index contributed by atoms with van der Waals surface area (Å²) in [6, 6.07) is 10.1. The Morgan fingerprint density at radius 2 is 2.08 bits per heavy atom. The van der Waals surface area contributed by atoms with Crippen molar-refractivity contribution < 1.29 is 13.9 Å². The molecular weight excluding hydrogens is 316 g/mol. The van der Waals surface area contributed by atoms with E-state index in [2.05, 4.69) is 23.1 Å². The van der Waals surface area contributed by atoms with Gasteiger partial charge in [0.2, 0.25) is 0 Å². The molecule has 0 bridgehead atoms. The summed E-state index contributed by atoms with van der Waals surface area (Å²) in [7, 11) is 0. The molecule has 1 saturated heterocycles. The predicted octanol–water partition coefficient (Wildman–Crippen LogP) is 2.61. The number of carbonyl (C=O) groups excluding carboxylic acids is 1. The zero-order valence-electron chi connectivity index (χ0n) is 14.4. The second-order valence-corrected chi connectivity index (χ2v) is 6.76. The van der Waals surface area contributed by atoms with Crippen molar-refractivity contribution in [2.24, 2.45) is 0 Å². The molecule has 3 heterocycles. The Balaban J connectivity index is 1.30. The zero-order valence-corrected chi connectivity index (χ0v) is 14.4. The third-order valence-electron chi connectivity index (χ3n) is 5.08. The highest BCUT2D eigenvalue weighted by molar-refractivity contribution is 5.91. The van der Waals surface area contributed by atoms with E-state index < -0.39 is 0 Å². The van der Waals surface area contributed by atoms with Crippen LogP contribution in [0.15, 0.2) is 41.0 Å². The fourth-order valence-corrected chi connectivity index (χ4v) is 3.64. The fourth-order valence-electron chi connectivity index (χ4n) is 3.64. The van der Waals surface area contributed by atoms with Crippen molar-refractivity contribution >= 4 is 5.91 Å². The van der Waals surface area contributed by atoms with E-state index in [4.69, 9.17) is 9.15 Å². The van der Waals surface area contributed by atoms with Crippen molar-refractivity contribution in [3.05, 3.63) is 53.5 Å². The average Bonchev–Trinajstić information content (AvgIpc) is 3.27. The molecule has 1 aromatic heterocycles. The zero-order chi connectivity index (χ0) is 17.1. The molecule has 1 amide bonds. The van der Waals surface area contributed by atoms with E-state index in [1.165, 1.54) is 11.1 Å². The van der Waals surface area contributed by atoms with Gasteiger partial charge in [0.25, 0.3) is 5.91 Å². The van der Waals surface area contributed by atoms with Crippen molar-refractivity contribution in [1.29, 1.82) is 0 Å².